The van der Waals surface area contributed by atoms with Crippen LogP contribution < -0.4 is 10.6 Å². The van der Waals surface area contributed by atoms with E-state index in [0.717, 1.165) is 71.3 Å². The Balaban J connectivity index is 0.00000338. The maximum atomic E-state index is 5.74. The number of guanidine groups is 1. The Morgan fingerprint density at radius 2 is 2.04 bits per heavy atom. The summed E-state index contributed by atoms with van der Waals surface area (Å²) in [7, 11) is 3.63. The molecule has 2 aliphatic rings. The predicted octanol–water partition coefficient (Wildman–Crippen LogP) is 2.81. The third kappa shape index (κ3) is 8.71. The first kappa shape index (κ1) is 23.9. The number of ether oxygens (including phenoxy) is 3. The predicted molar refractivity (Wildman–Crippen MR) is 117 cm³/mol. The first-order chi connectivity index (χ1) is 12.3. The lowest BCUT2D eigenvalue weighted by atomic mass is 9.83. The topological polar surface area (TPSA) is 64.1 Å². The van der Waals surface area contributed by atoms with Crippen molar-refractivity contribution < 1.29 is 14.2 Å². The van der Waals surface area contributed by atoms with Gasteiger partial charge in [0.1, 0.15) is 0 Å². The lowest BCUT2D eigenvalue weighted by Gasteiger charge is -2.30. The average Bonchev–Trinajstić information content (AvgIpc) is 3.31. The molecule has 1 aliphatic carbocycles. The minimum atomic E-state index is 0. The van der Waals surface area contributed by atoms with E-state index in [2.05, 4.69) is 15.6 Å². The summed E-state index contributed by atoms with van der Waals surface area (Å²) >= 11 is 0. The van der Waals surface area contributed by atoms with Gasteiger partial charge < -0.3 is 24.8 Å². The molecule has 1 saturated carbocycles. The number of hydrogen-bond donors (Lipinski definition) is 2. The Kier molecular flexibility index (Phi) is 12.8. The highest BCUT2D eigenvalue weighted by atomic mass is 127. The summed E-state index contributed by atoms with van der Waals surface area (Å²) in [5.74, 6) is 1.49. The van der Waals surface area contributed by atoms with Crippen LogP contribution in [0.2, 0.25) is 0 Å². The van der Waals surface area contributed by atoms with E-state index in [9.17, 15) is 0 Å². The zero-order valence-corrected chi connectivity index (χ0v) is 18.9. The lowest BCUT2D eigenvalue weighted by Crippen LogP contribution is -2.43. The molecule has 0 bridgehead atoms. The molecular weight excluding hydrogens is 445 g/mol. The van der Waals surface area contributed by atoms with Gasteiger partial charge >= 0.3 is 0 Å². The van der Waals surface area contributed by atoms with Crippen molar-refractivity contribution in [1.29, 1.82) is 0 Å². The molecule has 1 atom stereocenters. The van der Waals surface area contributed by atoms with Crippen LogP contribution in [0.25, 0.3) is 0 Å². The summed E-state index contributed by atoms with van der Waals surface area (Å²) in [4.78, 5) is 4.35. The van der Waals surface area contributed by atoms with Gasteiger partial charge in [-0.2, -0.15) is 0 Å². The van der Waals surface area contributed by atoms with Crippen molar-refractivity contribution in [3.8, 4) is 0 Å². The number of nitrogens with zero attached hydrogens (tertiary/aromatic N) is 1. The van der Waals surface area contributed by atoms with Crippen LogP contribution in [-0.2, 0) is 14.2 Å². The molecule has 2 rings (SSSR count). The van der Waals surface area contributed by atoms with Gasteiger partial charge in [0.2, 0.25) is 0 Å². The van der Waals surface area contributed by atoms with Crippen LogP contribution in [0.4, 0.5) is 0 Å². The van der Waals surface area contributed by atoms with Crippen molar-refractivity contribution in [3.05, 3.63) is 0 Å². The monoisotopic (exact) mass is 483 g/mol. The number of hydrogen-bond acceptors (Lipinski definition) is 4. The third-order valence-electron chi connectivity index (χ3n) is 5.49. The van der Waals surface area contributed by atoms with Gasteiger partial charge in [-0.3, -0.25) is 4.99 Å². The van der Waals surface area contributed by atoms with Crippen LogP contribution in [0.15, 0.2) is 4.99 Å². The van der Waals surface area contributed by atoms with E-state index in [1.165, 1.54) is 25.7 Å². The fourth-order valence-electron chi connectivity index (χ4n) is 3.80. The van der Waals surface area contributed by atoms with Gasteiger partial charge in [0.25, 0.3) is 0 Å². The van der Waals surface area contributed by atoms with Crippen LogP contribution in [-0.4, -0.2) is 66.2 Å². The highest BCUT2D eigenvalue weighted by Crippen LogP contribution is 2.40. The fraction of sp³-hybridized carbons (Fsp3) is 0.947. The van der Waals surface area contributed by atoms with Gasteiger partial charge in [0, 0.05) is 53.0 Å². The second-order valence-electron chi connectivity index (χ2n) is 7.46. The third-order valence-corrected chi connectivity index (χ3v) is 5.49. The molecule has 1 saturated heterocycles. The molecule has 1 heterocycles. The van der Waals surface area contributed by atoms with E-state index in [-0.39, 0.29) is 24.0 Å². The number of methoxy groups -OCH3 is 1. The Morgan fingerprint density at radius 3 is 2.69 bits per heavy atom. The maximum Gasteiger partial charge on any atom is 0.190 e. The molecule has 26 heavy (non-hydrogen) atoms. The number of rotatable bonds is 11. The average molecular weight is 483 g/mol. The molecule has 0 aromatic rings. The molecule has 0 spiro atoms. The Labute approximate surface area is 176 Å². The Bertz CT molecular complexity index is 384. The molecule has 2 N–H and O–H groups in total. The van der Waals surface area contributed by atoms with E-state index in [4.69, 9.17) is 14.2 Å². The summed E-state index contributed by atoms with van der Waals surface area (Å²) in [6.07, 6.45) is 8.51. The first-order valence-electron chi connectivity index (χ1n) is 9.87. The molecule has 6 nitrogen and oxygen atoms in total. The summed E-state index contributed by atoms with van der Waals surface area (Å²) in [5.41, 5.74) is 0.375. The second kappa shape index (κ2) is 14.0. The highest BCUT2D eigenvalue weighted by molar-refractivity contribution is 14.0. The number of nitrogens with one attached hydrogen (secondary N) is 2. The van der Waals surface area contributed by atoms with Crippen LogP contribution >= 0.6 is 24.0 Å². The zero-order chi connectivity index (χ0) is 17.8. The summed E-state index contributed by atoms with van der Waals surface area (Å²) in [6.45, 7) is 6.08. The van der Waals surface area contributed by atoms with E-state index in [0.29, 0.717) is 11.3 Å². The molecule has 0 amide bonds. The molecule has 7 heteroatoms. The molecule has 0 radical (unpaired) electrons. The molecule has 2 fully saturated rings. The summed E-state index contributed by atoms with van der Waals surface area (Å²) in [6, 6.07) is 0. The van der Waals surface area contributed by atoms with Gasteiger partial charge in [-0.1, -0.05) is 12.8 Å². The van der Waals surface area contributed by atoms with E-state index >= 15 is 0 Å². The fourth-order valence-corrected chi connectivity index (χ4v) is 3.80. The molecule has 1 unspecified atom stereocenters. The normalized spacial score (nSPS) is 22.2. The second-order valence-corrected chi connectivity index (χ2v) is 7.46. The Morgan fingerprint density at radius 1 is 1.23 bits per heavy atom. The first-order valence-corrected chi connectivity index (χ1v) is 9.87. The minimum Gasteiger partial charge on any atom is -0.385 e. The van der Waals surface area contributed by atoms with Crippen molar-refractivity contribution >= 4 is 29.9 Å². The van der Waals surface area contributed by atoms with Crippen molar-refractivity contribution in [3.63, 3.8) is 0 Å². The zero-order valence-electron chi connectivity index (χ0n) is 16.6. The summed E-state index contributed by atoms with van der Waals surface area (Å²) in [5, 5.41) is 6.92. The molecule has 1 aliphatic heterocycles. The van der Waals surface area contributed by atoms with Crippen molar-refractivity contribution in [1.82, 2.24) is 10.6 Å². The van der Waals surface area contributed by atoms with E-state index in [1.54, 1.807) is 7.11 Å². The molecule has 154 valence electrons. The lowest BCUT2D eigenvalue weighted by molar-refractivity contribution is 0.0887. The molecule has 0 aromatic heterocycles. The SMILES string of the molecule is CN=C(NCCCOCC1CCOC1)NCC1(CCOC)CCCC1.I. The van der Waals surface area contributed by atoms with Crippen molar-refractivity contribution in [2.45, 2.75) is 44.9 Å². The van der Waals surface area contributed by atoms with Gasteiger partial charge in [-0.25, -0.2) is 0 Å². The minimum absolute atomic E-state index is 0. The van der Waals surface area contributed by atoms with E-state index < -0.39 is 0 Å². The Hall–Kier alpha value is -0.120. The van der Waals surface area contributed by atoms with Gasteiger partial charge in [0.05, 0.1) is 13.2 Å². The van der Waals surface area contributed by atoms with Crippen LogP contribution in [0, 0.1) is 11.3 Å². The summed E-state index contributed by atoms with van der Waals surface area (Å²) < 4.78 is 16.4. The van der Waals surface area contributed by atoms with Gasteiger partial charge in [-0.15, -0.1) is 24.0 Å². The molecule has 0 aromatic carbocycles. The quantitative estimate of drug-likeness (QED) is 0.205. The van der Waals surface area contributed by atoms with Gasteiger partial charge in [-0.05, 0) is 37.5 Å². The standard InChI is InChI=1S/C19H37N3O3.HI/c1-20-18(21-10-5-11-24-14-17-6-12-25-15-17)22-16-19(9-13-23-2)7-3-4-8-19;/h17H,3-16H2,1-2H3,(H2,20,21,22);1H. The number of aliphatic imine (C=N–C) groups is 1. The van der Waals surface area contributed by atoms with Crippen LogP contribution in [0.5, 0.6) is 0 Å². The van der Waals surface area contributed by atoms with Crippen LogP contribution in [0.3, 0.4) is 0 Å². The maximum absolute atomic E-state index is 5.74. The van der Waals surface area contributed by atoms with Crippen molar-refractivity contribution in [2.75, 3.05) is 60.3 Å². The van der Waals surface area contributed by atoms with Crippen molar-refractivity contribution in [2.24, 2.45) is 16.3 Å². The van der Waals surface area contributed by atoms with E-state index in [1.807, 2.05) is 7.05 Å². The largest absolute Gasteiger partial charge is 0.385 e. The highest BCUT2D eigenvalue weighted by Gasteiger charge is 2.33. The smallest absolute Gasteiger partial charge is 0.190 e. The number of halogens is 1. The molecular formula is C19H38IN3O3. The van der Waals surface area contributed by atoms with Crippen LogP contribution in [0.1, 0.15) is 44.9 Å². The van der Waals surface area contributed by atoms with Gasteiger partial charge in [0.15, 0.2) is 5.96 Å².